The van der Waals surface area contributed by atoms with Gasteiger partial charge in [0.25, 0.3) is 5.88 Å². The molecule has 1 saturated carbocycles. The van der Waals surface area contributed by atoms with Crippen LogP contribution in [0.2, 0.25) is 0 Å². The Balaban J connectivity index is 1.28. The number of fused-ring (bicyclic) bond motifs is 1. The summed E-state index contributed by atoms with van der Waals surface area (Å²) in [6.45, 7) is 4.21. The third-order valence-electron chi connectivity index (χ3n) is 8.15. The van der Waals surface area contributed by atoms with Gasteiger partial charge in [0.1, 0.15) is 5.65 Å². The lowest BCUT2D eigenvalue weighted by atomic mass is 9.86. The SMILES string of the molecule is COc1nc2[nH]cc(CNC(c3ccnc(CC4CC4)c3)[C@H]3CCCN(c4ccc(C)nc4)C3)c(=O)c2cc1F. The molecule has 0 spiro atoms. The second-order valence-corrected chi connectivity index (χ2v) is 11.1. The average molecular weight is 543 g/mol. The molecule has 1 unspecified atom stereocenters. The van der Waals surface area contributed by atoms with Crippen molar-refractivity contribution >= 4 is 16.7 Å². The van der Waals surface area contributed by atoms with Gasteiger partial charge in [-0.25, -0.2) is 4.39 Å². The lowest BCUT2D eigenvalue weighted by Crippen LogP contribution is -2.42. The molecule has 1 aliphatic heterocycles. The highest BCUT2D eigenvalue weighted by Crippen LogP contribution is 2.35. The van der Waals surface area contributed by atoms with E-state index in [2.05, 4.69) is 54.4 Å². The Bertz CT molecular complexity index is 1550. The first-order valence-electron chi connectivity index (χ1n) is 14.1. The minimum absolute atomic E-state index is 0.0167. The summed E-state index contributed by atoms with van der Waals surface area (Å²) in [5.41, 5.74) is 5.05. The van der Waals surface area contributed by atoms with Gasteiger partial charge in [-0.15, -0.1) is 0 Å². The van der Waals surface area contributed by atoms with E-state index in [0.717, 1.165) is 55.3 Å². The maximum atomic E-state index is 14.4. The minimum Gasteiger partial charge on any atom is -0.479 e. The van der Waals surface area contributed by atoms with E-state index in [1.807, 2.05) is 19.3 Å². The smallest absolute Gasteiger partial charge is 0.252 e. The van der Waals surface area contributed by atoms with Crippen molar-refractivity contribution in [1.29, 1.82) is 0 Å². The number of aromatic nitrogens is 4. The lowest BCUT2D eigenvalue weighted by molar-refractivity contribution is 0.307. The molecule has 4 aromatic heterocycles. The topological polar surface area (TPSA) is 96.0 Å². The molecular formula is C31H35FN6O2. The molecular weight excluding hydrogens is 507 g/mol. The summed E-state index contributed by atoms with van der Waals surface area (Å²) in [7, 11) is 1.35. The summed E-state index contributed by atoms with van der Waals surface area (Å²) in [5.74, 6) is 0.266. The Morgan fingerprint density at radius 1 is 1.20 bits per heavy atom. The number of aryl methyl sites for hydroxylation is 1. The highest BCUT2D eigenvalue weighted by molar-refractivity contribution is 5.75. The van der Waals surface area contributed by atoms with Gasteiger partial charge in [-0.3, -0.25) is 14.8 Å². The van der Waals surface area contributed by atoms with Gasteiger partial charge in [0.2, 0.25) is 0 Å². The normalized spacial score (nSPS) is 18.2. The number of halogens is 1. The van der Waals surface area contributed by atoms with E-state index in [1.54, 1.807) is 6.20 Å². The van der Waals surface area contributed by atoms with Gasteiger partial charge >= 0.3 is 0 Å². The molecule has 0 amide bonds. The molecule has 2 atom stereocenters. The van der Waals surface area contributed by atoms with Gasteiger partial charge in [0.05, 0.1) is 24.4 Å². The molecule has 1 saturated heterocycles. The highest BCUT2D eigenvalue weighted by atomic mass is 19.1. The van der Waals surface area contributed by atoms with E-state index in [9.17, 15) is 9.18 Å². The number of pyridine rings is 4. The van der Waals surface area contributed by atoms with E-state index in [4.69, 9.17) is 4.74 Å². The monoisotopic (exact) mass is 542 g/mol. The number of ether oxygens (including phenoxy) is 1. The summed E-state index contributed by atoms with van der Waals surface area (Å²) in [4.78, 5) is 32.0. The van der Waals surface area contributed by atoms with Gasteiger partial charge < -0.3 is 19.9 Å². The number of piperidine rings is 1. The summed E-state index contributed by atoms with van der Waals surface area (Å²) in [6.07, 6.45) is 11.2. The molecule has 0 radical (unpaired) electrons. The number of rotatable bonds is 9. The highest BCUT2D eigenvalue weighted by Gasteiger charge is 2.30. The second-order valence-electron chi connectivity index (χ2n) is 11.1. The molecule has 208 valence electrons. The Hall–Kier alpha value is -3.85. The number of aromatic amines is 1. The fourth-order valence-corrected chi connectivity index (χ4v) is 5.78. The molecule has 1 aliphatic carbocycles. The zero-order valence-corrected chi connectivity index (χ0v) is 23.0. The molecule has 40 heavy (non-hydrogen) atoms. The molecule has 5 heterocycles. The summed E-state index contributed by atoms with van der Waals surface area (Å²) < 4.78 is 19.3. The van der Waals surface area contributed by atoms with E-state index >= 15 is 0 Å². The Labute approximate surface area is 233 Å². The van der Waals surface area contributed by atoms with Crippen LogP contribution in [0.4, 0.5) is 10.1 Å². The van der Waals surface area contributed by atoms with Gasteiger partial charge in [0.15, 0.2) is 11.2 Å². The number of H-pyrrole nitrogens is 1. The third kappa shape index (κ3) is 5.70. The van der Waals surface area contributed by atoms with E-state index in [-0.39, 0.29) is 22.7 Å². The van der Waals surface area contributed by atoms with E-state index in [0.29, 0.717) is 23.7 Å². The largest absolute Gasteiger partial charge is 0.479 e. The van der Waals surface area contributed by atoms with Crippen LogP contribution in [-0.2, 0) is 13.0 Å². The Kier molecular flexibility index (Phi) is 7.47. The molecule has 2 fully saturated rings. The standard InChI is InChI=1S/C31H35FN6O2/c1-19-5-8-25(17-34-19)38-11-3-4-22(18-38)28(21-9-10-33-24(13-21)12-20-6-7-20)35-15-23-16-36-30-26(29(23)39)14-27(32)31(37-30)40-2/h5,8-10,13-14,16-17,20,22,28,35H,3-4,6-7,11-12,15,18H2,1-2H3,(H,36,37,39)/t22-,28?/m0/s1. The summed E-state index contributed by atoms with van der Waals surface area (Å²) in [5, 5.41) is 3.92. The number of hydrogen-bond donors (Lipinski definition) is 2. The van der Waals surface area contributed by atoms with E-state index in [1.165, 1.54) is 31.6 Å². The Morgan fingerprint density at radius 3 is 2.85 bits per heavy atom. The predicted molar refractivity (Wildman–Crippen MR) is 153 cm³/mol. The lowest BCUT2D eigenvalue weighted by Gasteiger charge is -2.39. The fourth-order valence-electron chi connectivity index (χ4n) is 5.78. The average Bonchev–Trinajstić information content (AvgIpc) is 3.79. The van der Waals surface area contributed by atoms with E-state index < -0.39 is 5.82 Å². The van der Waals surface area contributed by atoms with Crippen LogP contribution in [0.5, 0.6) is 5.88 Å². The second kappa shape index (κ2) is 11.3. The van der Waals surface area contributed by atoms with Crippen LogP contribution in [0, 0.1) is 24.6 Å². The van der Waals surface area contributed by atoms with Gasteiger partial charge in [-0.1, -0.05) is 0 Å². The van der Waals surface area contributed by atoms with Crippen molar-refractivity contribution in [2.45, 2.75) is 51.6 Å². The number of nitrogens with zero attached hydrogens (tertiary/aromatic N) is 4. The van der Waals surface area contributed by atoms with Gasteiger partial charge in [0, 0.05) is 55.0 Å². The zero-order chi connectivity index (χ0) is 27.6. The molecule has 2 aliphatic rings. The molecule has 0 aromatic carbocycles. The van der Waals surface area contributed by atoms with Crippen LogP contribution < -0.4 is 20.4 Å². The van der Waals surface area contributed by atoms with Crippen molar-refractivity contribution in [3.63, 3.8) is 0 Å². The summed E-state index contributed by atoms with van der Waals surface area (Å²) >= 11 is 0. The summed E-state index contributed by atoms with van der Waals surface area (Å²) in [6, 6.07) is 9.74. The Morgan fingerprint density at radius 2 is 2.08 bits per heavy atom. The minimum atomic E-state index is -0.656. The van der Waals surface area contributed by atoms with Gasteiger partial charge in [-0.2, -0.15) is 4.98 Å². The maximum Gasteiger partial charge on any atom is 0.252 e. The van der Waals surface area contributed by atoms with Crippen molar-refractivity contribution in [2.24, 2.45) is 11.8 Å². The predicted octanol–water partition coefficient (Wildman–Crippen LogP) is 4.87. The first-order chi connectivity index (χ1) is 19.5. The van der Waals surface area contributed by atoms with Crippen molar-refractivity contribution < 1.29 is 9.13 Å². The number of methoxy groups -OCH3 is 1. The first kappa shape index (κ1) is 26.4. The van der Waals surface area contributed by atoms with Crippen LogP contribution >= 0.6 is 0 Å². The first-order valence-corrected chi connectivity index (χ1v) is 14.1. The van der Waals surface area contributed by atoms with Crippen molar-refractivity contribution in [3.05, 3.63) is 87.5 Å². The van der Waals surface area contributed by atoms with Crippen LogP contribution in [0.15, 0.2) is 53.7 Å². The molecule has 6 rings (SSSR count). The van der Waals surface area contributed by atoms with Crippen molar-refractivity contribution in [2.75, 3.05) is 25.1 Å². The van der Waals surface area contributed by atoms with Gasteiger partial charge in [-0.05, 0) is 86.8 Å². The molecule has 2 N–H and O–H groups in total. The quantitative estimate of drug-likeness (QED) is 0.312. The number of anilines is 1. The number of hydrogen-bond acceptors (Lipinski definition) is 7. The molecule has 9 heteroatoms. The number of nitrogens with one attached hydrogen (secondary N) is 2. The molecule has 0 bridgehead atoms. The zero-order valence-electron chi connectivity index (χ0n) is 23.0. The fraction of sp³-hybridized carbons (Fsp3) is 0.419. The van der Waals surface area contributed by atoms with Crippen LogP contribution in [-0.4, -0.2) is 40.1 Å². The van der Waals surface area contributed by atoms with Crippen molar-refractivity contribution in [3.8, 4) is 5.88 Å². The third-order valence-corrected chi connectivity index (χ3v) is 8.15. The van der Waals surface area contributed by atoms with Crippen molar-refractivity contribution in [1.82, 2.24) is 25.3 Å². The van der Waals surface area contributed by atoms with Crippen LogP contribution in [0.3, 0.4) is 0 Å². The maximum absolute atomic E-state index is 14.4. The molecule has 4 aromatic rings. The van der Waals surface area contributed by atoms with Crippen LogP contribution in [0.25, 0.3) is 11.0 Å². The molecule has 8 nitrogen and oxygen atoms in total. The van der Waals surface area contributed by atoms with Crippen LogP contribution in [0.1, 0.15) is 54.2 Å².